The first kappa shape index (κ1) is 16.6. The largest absolute Gasteiger partial charge is 0.503 e. The van der Waals surface area contributed by atoms with Crippen LogP contribution in [0.5, 0.6) is 0 Å². The number of aliphatic hydroxyl groups is 1. The van der Waals surface area contributed by atoms with Gasteiger partial charge in [0.15, 0.2) is 11.5 Å². The van der Waals surface area contributed by atoms with Crippen LogP contribution in [-0.2, 0) is 9.59 Å². The fourth-order valence-corrected chi connectivity index (χ4v) is 2.81. The van der Waals surface area contributed by atoms with E-state index in [0.29, 0.717) is 11.6 Å². The lowest BCUT2D eigenvalue weighted by Gasteiger charge is -2.26. The van der Waals surface area contributed by atoms with E-state index in [2.05, 4.69) is 0 Å². The van der Waals surface area contributed by atoms with E-state index in [-0.39, 0.29) is 17.3 Å². The molecule has 1 N–H and O–H groups in total. The van der Waals surface area contributed by atoms with Crippen molar-refractivity contribution in [3.63, 3.8) is 0 Å². The number of Topliss-reactive ketones (excluding diaryl/α,β-unsaturated/α-hetero) is 1. The van der Waals surface area contributed by atoms with Crippen LogP contribution in [-0.4, -0.2) is 28.2 Å². The van der Waals surface area contributed by atoms with Crippen LogP contribution < -0.4 is 0 Å². The quantitative estimate of drug-likeness (QED) is 0.900. The highest BCUT2D eigenvalue weighted by Crippen LogP contribution is 2.39. The molecular formula is C17H20ClNO3. The van der Waals surface area contributed by atoms with Gasteiger partial charge in [0.05, 0.1) is 11.6 Å². The van der Waals surface area contributed by atoms with E-state index in [1.54, 1.807) is 43.0 Å². The molecule has 1 aromatic carbocycles. The van der Waals surface area contributed by atoms with Crippen molar-refractivity contribution in [2.45, 2.75) is 33.2 Å². The molecule has 0 saturated heterocycles. The van der Waals surface area contributed by atoms with Crippen LogP contribution >= 0.6 is 11.6 Å². The summed E-state index contributed by atoms with van der Waals surface area (Å²) in [5, 5.41) is 10.8. The summed E-state index contributed by atoms with van der Waals surface area (Å²) in [5.41, 5.74) is 0.968. The van der Waals surface area contributed by atoms with Gasteiger partial charge in [-0.15, -0.1) is 0 Å². The predicted molar refractivity (Wildman–Crippen MR) is 85.7 cm³/mol. The first-order valence-electron chi connectivity index (χ1n) is 7.42. The number of halogens is 1. The number of hydrogen-bond donors (Lipinski definition) is 1. The minimum atomic E-state index is -0.542. The number of nitrogens with zero attached hydrogens (tertiary/aromatic N) is 1. The molecule has 0 fully saturated rings. The molecule has 1 atom stereocenters. The second kappa shape index (κ2) is 6.53. The van der Waals surface area contributed by atoms with Gasteiger partial charge in [0.25, 0.3) is 5.91 Å². The van der Waals surface area contributed by atoms with Gasteiger partial charge in [-0.2, -0.15) is 0 Å². The van der Waals surface area contributed by atoms with Crippen molar-refractivity contribution in [1.29, 1.82) is 0 Å². The van der Waals surface area contributed by atoms with Gasteiger partial charge in [-0.05, 0) is 24.1 Å². The number of aliphatic hydroxyl groups excluding tert-OH is 1. The van der Waals surface area contributed by atoms with E-state index in [4.69, 9.17) is 11.6 Å². The number of carbonyl (C=O) groups is 2. The Morgan fingerprint density at radius 1 is 1.32 bits per heavy atom. The van der Waals surface area contributed by atoms with Gasteiger partial charge in [-0.1, -0.05) is 44.5 Å². The summed E-state index contributed by atoms with van der Waals surface area (Å²) in [7, 11) is 0. The summed E-state index contributed by atoms with van der Waals surface area (Å²) < 4.78 is 0. The van der Waals surface area contributed by atoms with Gasteiger partial charge in [0, 0.05) is 17.5 Å². The van der Waals surface area contributed by atoms with Crippen molar-refractivity contribution < 1.29 is 14.7 Å². The fourth-order valence-electron chi connectivity index (χ4n) is 2.68. The summed E-state index contributed by atoms with van der Waals surface area (Å²) in [6.07, 6.45) is 0.742. The molecular weight excluding hydrogens is 302 g/mol. The molecule has 0 radical (unpaired) electrons. The lowest BCUT2D eigenvalue weighted by atomic mass is 9.91. The Labute approximate surface area is 135 Å². The Balaban J connectivity index is 2.53. The summed E-state index contributed by atoms with van der Waals surface area (Å²) >= 11 is 5.91. The van der Waals surface area contributed by atoms with E-state index in [1.807, 2.05) is 6.92 Å². The van der Waals surface area contributed by atoms with E-state index in [1.165, 1.54) is 0 Å². The normalized spacial score (nSPS) is 18.5. The highest BCUT2D eigenvalue weighted by Gasteiger charge is 2.43. The summed E-state index contributed by atoms with van der Waals surface area (Å²) in [4.78, 5) is 26.4. The van der Waals surface area contributed by atoms with Crippen LogP contribution in [0.1, 0.15) is 38.8 Å². The molecule has 118 valence electrons. The van der Waals surface area contributed by atoms with Crippen molar-refractivity contribution in [2.75, 3.05) is 6.54 Å². The molecule has 1 amide bonds. The lowest BCUT2D eigenvalue weighted by Crippen LogP contribution is -2.32. The molecule has 22 heavy (non-hydrogen) atoms. The Morgan fingerprint density at radius 3 is 2.41 bits per heavy atom. The zero-order valence-electron chi connectivity index (χ0n) is 13.0. The SMILES string of the molecule is CCCN1C(=O)C(O)=C(C(=O)C(C)C)C1c1ccc(Cl)cc1. The van der Waals surface area contributed by atoms with Crippen LogP contribution in [0.15, 0.2) is 35.6 Å². The standard InChI is InChI=1S/C17H20ClNO3/c1-4-9-19-14(11-5-7-12(18)8-6-11)13(15(20)10(2)3)16(21)17(19)22/h5-8,10,14,21H,4,9H2,1-3H3. The predicted octanol–water partition coefficient (Wildman–Crippen LogP) is 3.67. The van der Waals surface area contributed by atoms with E-state index in [0.717, 1.165) is 12.0 Å². The Kier molecular flexibility index (Phi) is 4.91. The van der Waals surface area contributed by atoms with Crippen molar-refractivity contribution in [3.05, 3.63) is 46.2 Å². The van der Waals surface area contributed by atoms with Crippen molar-refractivity contribution in [3.8, 4) is 0 Å². The van der Waals surface area contributed by atoms with Crippen LogP contribution in [0.3, 0.4) is 0 Å². The molecule has 0 aromatic heterocycles. The smallest absolute Gasteiger partial charge is 0.290 e. The summed E-state index contributed by atoms with van der Waals surface area (Å²) in [6, 6.07) is 6.47. The zero-order chi connectivity index (χ0) is 16.4. The Hall–Kier alpha value is -1.81. The molecule has 1 aromatic rings. The molecule has 1 aliphatic heterocycles. The highest BCUT2D eigenvalue weighted by atomic mass is 35.5. The number of rotatable bonds is 5. The average molecular weight is 322 g/mol. The molecule has 0 saturated carbocycles. The second-order valence-corrected chi connectivity index (χ2v) is 6.17. The molecule has 4 nitrogen and oxygen atoms in total. The van der Waals surface area contributed by atoms with Gasteiger partial charge < -0.3 is 10.0 Å². The van der Waals surface area contributed by atoms with Crippen molar-refractivity contribution in [1.82, 2.24) is 4.90 Å². The third-order valence-electron chi connectivity index (χ3n) is 3.74. The third kappa shape index (κ3) is 2.88. The second-order valence-electron chi connectivity index (χ2n) is 5.73. The molecule has 0 bridgehead atoms. The summed E-state index contributed by atoms with van der Waals surface area (Å²) in [6.45, 7) is 5.94. The number of amides is 1. The first-order valence-corrected chi connectivity index (χ1v) is 7.80. The van der Waals surface area contributed by atoms with Gasteiger partial charge in [-0.25, -0.2) is 0 Å². The Bertz CT molecular complexity index is 619. The monoisotopic (exact) mass is 321 g/mol. The maximum atomic E-state index is 12.5. The number of ketones is 1. The molecule has 1 heterocycles. The Morgan fingerprint density at radius 2 is 1.91 bits per heavy atom. The molecule has 2 rings (SSSR count). The number of carbonyl (C=O) groups excluding carboxylic acids is 2. The molecule has 0 aliphatic carbocycles. The zero-order valence-corrected chi connectivity index (χ0v) is 13.7. The van der Waals surface area contributed by atoms with Gasteiger partial charge in [0.1, 0.15) is 0 Å². The van der Waals surface area contributed by atoms with Crippen LogP contribution in [0.4, 0.5) is 0 Å². The third-order valence-corrected chi connectivity index (χ3v) is 4.00. The molecule has 0 spiro atoms. The van der Waals surface area contributed by atoms with Crippen molar-refractivity contribution >= 4 is 23.3 Å². The maximum absolute atomic E-state index is 12.5. The lowest BCUT2D eigenvalue weighted by molar-refractivity contribution is -0.129. The van der Waals surface area contributed by atoms with Crippen LogP contribution in [0.25, 0.3) is 0 Å². The topological polar surface area (TPSA) is 57.6 Å². The first-order chi connectivity index (χ1) is 10.4. The van der Waals surface area contributed by atoms with E-state index >= 15 is 0 Å². The average Bonchev–Trinajstić information content (AvgIpc) is 2.72. The van der Waals surface area contributed by atoms with Crippen LogP contribution in [0, 0.1) is 5.92 Å². The minimum absolute atomic E-state index is 0.191. The minimum Gasteiger partial charge on any atom is -0.503 e. The number of hydrogen-bond acceptors (Lipinski definition) is 3. The van der Waals surface area contributed by atoms with E-state index in [9.17, 15) is 14.7 Å². The van der Waals surface area contributed by atoms with Gasteiger partial charge in [-0.3, -0.25) is 9.59 Å². The van der Waals surface area contributed by atoms with Crippen LogP contribution in [0.2, 0.25) is 5.02 Å². The van der Waals surface area contributed by atoms with Gasteiger partial charge in [0.2, 0.25) is 0 Å². The molecule has 5 heteroatoms. The highest BCUT2D eigenvalue weighted by molar-refractivity contribution is 6.30. The molecule has 1 aliphatic rings. The van der Waals surface area contributed by atoms with Gasteiger partial charge >= 0.3 is 0 Å². The number of benzene rings is 1. The maximum Gasteiger partial charge on any atom is 0.290 e. The van der Waals surface area contributed by atoms with E-state index < -0.39 is 17.7 Å². The molecule has 1 unspecified atom stereocenters. The summed E-state index contributed by atoms with van der Waals surface area (Å²) in [5.74, 6) is -1.40. The van der Waals surface area contributed by atoms with Crippen molar-refractivity contribution in [2.24, 2.45) is 5.92 Å². The fraction of sp³-hybridized carbons (Fsp3) is 0.412.